The molecule has 4 heteroatoms. The molecule has 1 aromatic carbocycles. The van der Waals surface area contributed by atoms with Gasteiger partial charge in [-0.2, -0.15) is 4.98 Å². The second-order valence-corrected chi connectivity index (χ2v) is 5.27. The minimum absolute atomic E-state index is 0.820. The van der Waals surface area contributed by atoms with Gasteiger partial charge in [0.05, 0.1) is 0 Å². The Balaban J connectivity index is 1.96. The van der Waals surface area contributed by atoms with Crippen LogP contribution in [0.2, 0.25) is 0 Å². The molecule has 0 radical (unpaired) electrons. The first-order valence-electron chi connectivity index (χ1n) is 7.77. The zero-order valence-corrected chi connectivity index (χ0v) is 12.8. The molecule has 0 amide bonds. The van der Waals surface area contributed by atoms with Gasteiger partial charge in [-0.25, -0.2) is 4.98 Å². The van der Waals surface area contributed by atoms with Gasteiger partial charge in [0.2, 0.25) is 5.95 Å². The number of fused-ring (bicyclic) bond motifs is 1. The Labute approximate surface area is 126 Å². The molecule has 2 heterocycles. The van der Waals surface area contributed by atoms with E-state index in [0.29, 0.717) is 0 Å². The first kappa shape index (κ1) is 13.9. The van der Waals surface area contributed by atoms with Crippen molar-refractivity contribution in [3.63, 3.8) is 0 Å². The molecule has 4 nitrogen and oxygen atoms in total. The summed E-state index contributed by atoms with van der Waals surface area (Å²) in [5.41, 5.74) is 2.69. The molecule has 0 fully saturated rings. The van der Waals surface area contributed by atoms with E-state index in [4.69, 9.17) is 4.98 Å². The third-order valence-electron chi connectivity index (χ3n) is 4.06. The average Bonchev–Trinajstić information content (AvgIpc) is 2.56. The molecule has 0 unspecified atom stereocenters. The van der Waals surface area contributed by atoms with Crippen LogP contribution in [0.25, 0.3) is 0 Å². The van der Waals surface area contributed by atoms with Crippen molar-refractivity contribution < 1.29 is 0 Å². The maximum absolute atomic E-state index is 4.78. The van der Waals surface area contributed by atoms with Crippen LogP contribution in [-0.4, -0.2) is 29.6 Å². The summed E-state index contributed by atoms with van der Waals surface area (Å²) in [6.07, 6.45) is 4.19. The summed E-state index contributed by atoms with van der Waals surface area (Å²) in [7, 11) is 0. The highest BCUT2D eigenvalue weighted by Crippen LogP contribution is 2.32. The summed E-state index contributed by atoms with van der Waals surface area (Å²) in [6, 6.07) is 10.6. The Morgan fingerprint density at radius 2 is 1.95 bits per heavy atom. The molecule has 1 aromatic heterocycles. The molecule has 0 saturated heterocycles. The lowest BCUT2D eigenvalue weighted by Gasteiger charge is -2.31. The van der Waals surface area contributed by atoms with E-state index >= 15 is 0 Å². The summed E-state index contributed by atoms with van der Waals surface area (Å²) in [5.74, 6) is 1.82. The highest BCUT2D eigenvalue weighted by molar-refractivity contribution is 5.65. The monoisotopic (exact) mass is 282 g/mol. The Hall–Kier alpha value is -2.10. The molecular formula is C17H22N4. The number of aryl methyl sites for hydroxylation is 1. The van der Waals surface area contributed by atoms with Gasteiger partial charge in [-0.15, -0.1) is 0 Å². The number of nitrogens with zero attached hydrogens (tertiary/aromatic N) is 4. The molecule has 1 aliphatic rings. The lowest BCUT2D eigenvalue weighted by Crippen LogP contribution is -2.28. The molecule has 0 bridgehead atoms. The maximum Gasteiger partial charge on any atom is 0.227 e. The lowest BCUT2D eigenvalue weighted by atomic mass is 10.0. The molecule has 21 heavy (non-hydrogen) atoms. The smallest absolute Gasteiger partial charge is 0.227 e. The Bertz CT molecular complexity index is 607. The minimum atomic E-state index is 0.820. The Morgan fingerprint density at radius 1 is 1.14 bits per heavy atom. The van der Waals surface area contributed by atoms with Crippen molar-refractivity contribution in [1.82, 2.24) is 9.97 Å². The fourth-order valence-electron chi connectivity index (χ4n) is 2.92. The van der Waals surface area contributed by atoms with Crippen LogP contribution in [0.3, 0.4) is 0 Å². The summed E-state index contributed by atoms with van der Waals surface area (Å²) in [5, 5.41) is 0. The van der Waals surface area contributed by atoms with E-state index in [-0.39, 0.29) is 0 Å². The van der Waals surface area contributed by atoms with E-state index in [9.17, 15) is 0 Å². The lowest BCUT2D eigenvalue weighted by molar-refractivity contribution is 0.753. The van der Waals surface area contributed by atoms with Gasteiger partial charge in [-0.1, -0.05) is 18.2 Å². The third kappa shape index (κ3) is 2.71. The zero-order chi connectivity index (χ0) is 14.7. The van der Waals surface area contributed by atoms with Gasteiger partial charge in [0.15, 0.2) is 0 Å². The van der Waals surface area contributed by atoms with Crippen molar-refractivity contribution in [2.75, 3.05) is 29.4 Å². The summed E-state index contributed by atoms with van der Waals surface area (Å²) in [4.78, 5) is 13.7. The van der Waals surface area contributed by atoms with Crippen LogP contribution in [0.15, 0.2) is 36.5 Å². The van der Waals surface area contributed by atoms with Gasteiger partial charge in [0.1, 0.15) is 5.82 Å². The second-order valence-electron chi connectivity index (χ2n) is 5.27. The van der Waals surface area contributed by atoms with Gasteiger partial charge < -0.3 is 9.80 Å². The van der Waals surface area contributed by atoms with Crippen LogP contribution < -0.4 is 9.80 Å². The third-order valence-corrected chi connectivity index (χ3v) is 4.06. The van der Waals surface area contributed by atoms with Gasteiger partial charge in [0.25, 0.3) is 0 Å². The van der Waals surface area contributed by atoms with Gasteiger partial charge >= 0.3 is 0 Å². The second kappa shape index (κ2) is 6.12. The number of benzene rings is 1. The quantitative estimate of drug-likeness (QED) is 0.860. The van der Waals surface area contributed by atoms with Crippen molar-refractivity contribution in [2.45, 2.75) is 26.7 Å². The number of aromatic nitrogens is 2. The molecule has 0 spiro atoms. The summed E-state index contributed by atoms with van der Waals surface area (Å²) >= 11 is 0. The molecule has 3 rings (SSSR count). The van der Waals surface area contributed by atoms with E-state index in [2.05, 4.69) is 52.9 Å². The van der Waals surface area contributed by atoms with Crippen molar-refractivity contribution in [1.29, 1.82) is 0 Å². The normalized spacial score (nSPS) is 13.9. The summed E-state index contributed by atoms with van der Waals surface area (Å²) < 4.78 is 0. The zero-order valence-electron chi connectivity index (χ0n) is 12.8. The van der Waals surface area contributed by atoms with Crippen LogP contribution >= 0.6 is 0 Å². The molecule has 0 atom stereocenters. The van der Waals surface area contributed by atoms with Crippen LogP contribution in [-0.2, 0) is 6.42 Å². The molecule has 0 N–H and O–H groups in total. The fraction of sp³-hybridized carbons (Fsp3) is 0.412. The largest absolute Gasteiger partial charge is 0.341 e. The maximum atomic E-state index is 4.78. The van der Waals surface area contributed by atoms with E-state index < -0.39 is 0 Å². The first-order valence-corrected chi connectivity index (χ1v) is 7.77. The highest BCUT2D eigenvalue weighted by Gasteiger charge is 2.19. The summed E-state index contributed by atoms with van der Waals surface area (Å²) in [6.45, 7) is 7.14. The molecule has 110 valence electrons. The average molecular weight is 282 g/mol. The highest BCUT2D eigenvalue weighted by atomic mass is 15.3. The van der Waals surface area contributed by atoms with Gasteiger partial charge in [-0.3, -0.25) is 0 Å². The van der Waals surface area contributed by atoms with Crippen LogP contribution in [0.4, 0.5) is 17.5 Å². The number of anilines is 3. The number of rotatable bonds is 4. The molecule has 0 aliphatic carbocycles. The van der Waals surface area contributed by atoms with E-state index in [1.54, 1.807) is 0 Å². The molecule has 0 saturated carbocycles. The number of para-hydroxylation sites is 1. The van der Waals surface area contributed by atoms with Crippen molar-refractivity contribution >= 4 is 17.5 Å². The molecular weight excluding hydrogens is 260 g/mol. The van der Waals surface area contributed by atoms with Crippen molar-refractivity contribution in [2.24, 2.45) is 0 Å². The topological polar surface area (TPSA) is 32.3 Å². The van der Waals surface area contributed by atoms with E-state index in [1.165, 1.54) is 17.7 Å². The first-order chi connectivity index (χ1) is 10.3. The Kier molecular flexibility index (Phi) is 4.04. The fourth-order valence-corrected chi connectivity index (χ4v) is 2.92. The standard InChI is InChI=1S/C17H22N4/c1-3-20(4-2)17-18-12-11-16(19-17)21-13-7-9-14-8-5-6-10-15(14)21/h5-6,8,10-12H,3-4,7,9,13H2,1-2H3. The van der Waals surface area contributed by atoms with Gasteiger partial charge in [-0.05, 0) is 44.4 Å². The Morgan fingerprint density at radius 3 is 2.76 bits per heavy atom. The van der Waals surface area contributed by atoms with Gasteiger partial charge in [0, 0.05) is 31.5 Å². The van der Waals surface area contributed by atoms with Crippen molar-refractivity contribution in [3.8, 4) is 0 Å². The predicted molar refractivity (Wildman–Crippen MR) is 87.4 cm³/mol. The van der Waals surface area contributed by atoms with Crippen molar-refractivity contribution in [3.05, 3.63) is 42.1 Å². The van der Waals surface area contributed by atoms with Crippen LogP contribution in [0.1, 0.15) is 25.8 Å². The number of hydrogen-bond donors (Lipinski definition) is 0. The molecule has 1 aliphatic heterocycles. The molecule has 2 aromatic rings. The number of hydrogen-bond acceptors (Lipinski definition) is 4. The van der Waals surface area contributed by atoms with Crippen LogP contribution in [0.5, 0.6) is 0 Å². The predicted octanol–water partition coefficient (Wildman–Crippen LogP) is 3.41. The van der Waals surface area contributed by atoms with Crippen LogP contribution in [0, 0.1) is 0 Å². The minimum Gasteiger partial charge on any atom is -0.341 e. The van der Waals surface area contributed by atoms with E-state index in [0.717, 1.165) is 37.8 Å². The SMILES string of the molecule is CCN(CC)c1nccc(N2CCCc3ccccc32)n1. The van der Waals surface area contributed by atoms with E-state index in [1.807, 2.05) is 12.3 Å².